The van der Waals surface area contributed by atoms with E-state index in [0.29, 0.717) is 5.56 Å². The van der Waals surface area contributed by atoms with Crippen molar-refractivity contribution >= 4 is 11.9 Å². The first kappa shape index (κ1) is 18.7. The van der Waals surface area contributed by atoms with E-state index >= 15 is 0 Å². The van der Waals surface area contributed by atoms with Crippen LogP contribution in [0, 0.1) is 27.7 Å². The molecule has 0 aliphatic heterocycles. The molecular weight excluding hydrogens is 318 g/mol. The van der Waals surface area contributed by atoms with Gasteiger partial charge in [-0.2, -0.15) is 5.10 Å². The Balaban J connectivity index is 2.28. The Hall–Kier alpha value is -2.63. The third-order valence-electron chi connectivity index (χ3n) is 4.79. The van der Waals surface area contributed by atoms with Crippen LogP contribution in [0.15, 0.2) is 18.2 Å². The van der Waals surface area contributed by atoms with Crippen LogP contribution in [0.3, 0.4) is 0 Å². The number of benzene rings is 1. The van der Waals surface area contributed by atoms with Crippen LogP contribution in [-0.2, 0) is 16.6 Å². The number of hydrogen-bond donors (Lipinski definition) is 2. The lowest BCUT2D eigenvalue weighted by molar-refractivity contribution is -0.142. The molecule has 134 valence electrons. The molecule has 1 heterocycles. The molecule has 6 nitrogen and oxygen atoms in total. The van der Waals surface area contributed by atoms with E-state index < -0.39 is 17.9 Å². The fourth-order valence-electron chi connectivity index (χ4n) is 3.05. The molecule has 25 heavy (non-hydrogen) atoms. The van der Waals surface area contributed by atoms with Crippen molar-refractivity contribution in [2.24, 2.45) is 7.05 Å². The third-order valence-corrected chi connectivity index (χ3v) is 4.79. The summed E-state index contributed by atoms with van der Waals surface area (Å²) in [5.74, 6) is -1.89. The lowest BCUT2D eigenvalue weighted by atomic mass is 9.96. The van der Waals surface area contributed by atoms with Gasteiger partial charge in [-0.05, 0) is 51.3 Å². The van der Waals surface area contributed by atoms with E-state index in [9.17, 15) is 14.7 Å². The van der Waals surface area contributed by atoms with Crippen molar-refractivity contribution in [3.63, 3.8) is 0 Å². The molecule has 0 bridgehead atoms. The molecule has 0 aliphatic rings. The lowest BCUT2D eigenvalue weighted by Gasteiger charge is -2.19. The number of aromatic nitrogens is 2. The van der Waals surface area contributed by atoms with Crippen LogP contribution in [0.4, 0.5) is 0 Å². The van der Waals surface area contributed by atoms with E-state index in [2.05, 4.69) is 10.4 Å². The monoisotopic (exact) mass is 343 g/mol. The Morgan fingerprint density at radius 3 is 2.28 bits per heavy atom. The second kappa shape index (κ2) is 7.09. The zero-order chi connectivity index (χ0) is 18.9. The van der Waals surface area contributed by atoms with Crippen LogP contribution in [0.25, 0.3) is 0 Å². The summed E-state index contributed by atoms with van der Waals surface area (Å²) in [6, 6.07) is 4.34. The summed E-state index contributed by atoms with van der Waals surface area (Å²) in [5.41, 5.74) is 5.15. The molecule has 6 heteroatoms. The van der Waals surface area contributed by atoms with Crippen molar-refractivity contribution in [2.75, 3.05) is 0 Å². The Bertz CT molecular complexity index is 824. The molecule has 1 aromatic heterocycles. The van der Waals surface area contributed by atoms with Crippen LogP contribution in [-0.4, -0.2) is 26.8 Å². The number of aliphatic carboxylic acids is 1. The average molecular weight is 343 g/mol. The van der Waals surface area contributed by atoms with Gasteiger partial charge in [0, 0.05) is 18.3 Å². The number of nitrogens with zero attached hydrogens (tertiary/aromatic N) is 2. The maximum Gasteiger partial charge on any atom is 0.330 e. The number of carboxylic acids is 1. The Kier molecular flexibility index (Phi) is 5.30. The molecule has 0 saturated carbocycles. The zero-order valence-electron chi connectivity index (χ0n) is 15.5. The Morgan fingerprint density at radius 1 is 1.16 bits per heavy atom. The highest BCUT2D eigenvalue weighted by Gasteiger charge is 2.28. The molecule has 2 N–H and O–H groups in total. The van der Waals surface area contributed by atoms with E-state index in [0.717, 1.165) is 28.1 Å². The maximum absolute atomic E-state index is 12.7. The van der Waals surface area contributed by atoms with E-state index in [1.165, 1.54) is 0 Å². The standard InChI is InChI=1S/C19H25N3O3/c1-10-7-8-15(9-11(10)2)17(19(24)25)20-18(23)12(3)16-13(4)21-22(6)14(16)5/h7-9,12,17H,1-6H3,(H,20,23)(H,24,25). The first-order chi connectivity index (χ1) is 11.6. The predicted molar refractivity (Wildman–Crippen MR) is 95.5 cm³/mol. The second-order valence-corrected chi connectivity index (χ2v) is 6.55. The van der Waals surface area contributed by atoms with Crippen molar-refractivity contribution < 1.29 is 14.7 Å². The molecule has 2 atom stereocenters. The zero-order valence-corrected chi connectivity index (χ0v) is 15.5. The first-order valence-electron chi connectivity index (χ1n) is 8.24. The molecule has 0 aliphatic carbocycles. The van der Waals surface area contributed by atoms with Crippen molar-refractivity contribution in [2.45, 2.75) is 46.6 Å². The van der Waals surface area contributed by atoms with Gasteiger partial charge in [0.05, 0.1) is 11.6 Å². The number of nitrogens with one attached hydrogen (secondary N) is 1. The first-order valence-corrected chi connectivity index (χ1v) is 8.24. The van der Waals surface area contributed by atoms with Crippen molar-refractivity contribution in [1.82, 2.24) is 15.1 Å². The van der Waals surface area contributed by atoms with Crippen LogP contribution in [0.1, 0.15) is 52.5 Å². The summed E-state index contributed by atoms with van der Waals surface area (Å²) < 4.78 is 1.73. The van der Waals surface area contributed by atoms with Crippen molar-refractivity contribution in [3.05, 3.63) is 51.8 Å². The number of rotatable bonds is 5. The average Bonchev–Trinajstić information content (AvgIpc) is 2.79. The summed E-state index contributed by atoms with van der Waals surface area (Å²) in [4.78, 5) is 24.4. The molecule has 0 fully saturated rings. The predicted octanol–water partition coefficient (Wildman–Crippen LogP) is 2.70. The number of carbonyl (C=O) groups is 2. The summed E-state index contributed by atoms with van der Waals surface area (Å²) in [5, 5.41) is 16.6. The van der Waals surface area contributed by atoms with Gasteiger partial charge >= 0.3 is 5.97 Å². The smallest absolute Gasteiger partial charge is 0.330 e. The van der Waals surface area contributed by atoms with E-state index in [4.69, 9.17) is 0 Å². The molecule has 0 radical (unpaired) electrons. The number of carbonyl (C=O) groups excluding carboxylic acids is 1. The lowest BCUT2D eigenvalue weighted by Crippen LogP contribution is -2.36. The Morgan fingerprint density at radius 2 is 1.80 bits per heavy atom. The van der Waals surface area contributed by atoms with Gasteiger partial charge in [-0.3, -0.25) is 9.48 Å². The second-order valence-electron chi connectivity index (χ2n) is 6.55. The molecule has 2 rings (SSSR count). The van der Waals surface area contributed by atoms with E-state index in [1.54, 1.807) is 23.7 Å². The molecule has 1 aromatic carbocycles. The third kappa shape index (κ3) is 3.73. The van der Waals surface area contributed by atoms with Gasteiger partial charge in [0.15, 0.2) is 6.04 Å². The number of amides is 1. The number of hydrogen-bond acceptors (Lipinski definition) is 3. The van der Waals surface area contributed by atoms with Crippen LogP contribution < -0.4 is 5.32 Å². The topological polar surface area (TPSA) is 84.2 Å². The molecular formula is C19H25N3O3. The van der Waals surface area contributed by atoms with Crippen molar-refractivity contribution in [1.29, 1.82) is 0 Å². The highest BCUT2D eigenvalue weighted by molar-refractivity contribution is 5.88. The molecule has 2 aromatic rings. The van der Waals surface area contributed by atoms with Gasteiger partial charge in [-0.25, -0.2) is 4.79 Å². The largest absolute Gasteiger partial charge is 0.479 e. The van der Waals surface area contributed by atoms with Crippen molar-refractivity contribution in [3.8, 4) is 0 Å². The molecule has 2 unspecified atom stereocenters. The highest BCUT2D eigenvalue weighted by Crippen LogP contribution is 2.25. The van der Waals surface area contributed by atoms with Crippen LogP contribution >= 0.6 is 0 Å². The molecule has 1 amide bonds. The minimum atomic E-state index is -1.08. The Labute approximate surface area is 147 Å². The van der Waals surface area contributed by atoms with Gasteiger partial charge in [0.1, 0.15) is 0 Å². The van der Waals surface area contributed by atoms with Crippen LogP contribution in [0.5, 0.6) is 0 Å². The summed E-state index contributed by atoms with van der Waals surface area (Å²) >= 11 is 0. The molecule has 0 saturated heterocycles. The van der Waals surface area contributed by atoms with Gasteiger partial charge in [0.25, 0.3) is 0 Å². The SMILES string of the molecule is Cc1ccc(C(NC(=O)C(C)c2c(C)nn(C)c2C)C(=O)O)cc1C. The summed E-state index contributed by atoms with van der Waals surface area (Å²) in [7, 11) is 1.82. The normalized spacial score (nSPS) is 13.4. The summed E-state index contributed by atoms with van der Waals surface area (Å²) in [6.07, 6.45) is 0. The fraction of sp³-hybridized carbons (Fsp3) is 0.421. The minimum absolute atomic E-state index is 0.329. The number of carboxylic acid groups (broad SMARTS) is 1. The molecule has 0 spiro atoms. The quantitative estimate of drug-likeness (QED) is 0.874. The highest BCUT2D eigenvalue weighted by atomic mass is 16.4. The van der Waals surface area contributed by atoms with Gasteiger partial charge < -0.3 is 10.4 Å². The number of aryl methyl sites for hydroxylation is 4. The summed E-state index contributed by atoms with van der Waals surface area (Å²) in [6.45, 7) is 9.40. The fourth-order valence-corrected chi connectivity index (χ4v) is 3.05. The van der Waals surface area contributed by atoms with Gasteiger partial charge in [0.2, 0.25) is 5.91 Å². The van der Waals surface area contributed by atoms with Gasteiger partial charge in [-0.15, -0.1) is 0 Å². The minimum Gasteiger partial charge on any atom is -0.479 e. The maximum atomic E-state index is 12.7. The van der Waals surface area contributed by atoms with E-state index in [1.807, 2.05) is 40.8 Å². The van der Waals surface area contributed by atoms with Crippen LogP contribution in [0.2, 0.25) is 0 Å². The van der Waals surface area contributed by atoms with E-state index in [-0.39, 0.29) is 5.91 Å². The van der Waals surface area contributed by atoms with Gasteiger partial charge in [-0.1, -0.05) is 18.2 Å².